The smallest absolute Gasteiger partial charge is 0.251 e. The number of carbonyl (C=O) groups excluding carboxylic acids is 1. The predicted octanol–water partition coefficient (Wildman–Crippen LogP) is 2.09. The quantitative estimate of drug-likeness (QED) is 0.899. The van der Waals surface area contributed by atoms with E-state index in [4.69, 9.17) is 4.52 Å². The Kier molecular flexibility index (Phi) is 3.60. The number of benzene rings is 1. The third kappa shape index (κ3) is 2.89. The van der Waals surface area contributed by atoms with Crippen LogP contribution in [0.1, 0.15) is 47.4 Å². The minimum absolute atomic E-state index is 0.00118. The summed E-state index contributed by atoms with van der Waals surface area (Å²) in [5.74, 6) is 1.54. The molecule has 6 nitrogen and oxygen atoms in total. The zero-order valence-electron chi connectivity index (χ0n) is 12.1. The van der Waals surface area contributed by atoms with E-state index >= 15 is 0 Å². The van der Waals surface area contributed by atoms with Crippen LogP contribution < -0.4 is 10.6 Å². The largest absolute Gasteiger partial charge is 0.376 e. The second-order valence-corrected chi connectivity index (χ2v) is 5.43. The van der Waals surface area contributed by atoms with E-state index in [0.29, 0.717) is 24.8 Å². The first kappa shape index (κ1) is 13.6. The van der Waals surface area contributed by atoms with E-state index in [2.05, 4.69) is 20.8 Å². The number of anilines is 1. The molecule has 2 aromatic rings. The molecule has 2 N–H and O–H groups in total. The van der Waals surface area contributed by atoms with Crippen molar-refractivity contribution >= 4 is 11.6 Å². The molecule has 1 aromatic carbocycles. The fourth-order valence-corrected chi connectivity index (χ4v) is 2.29. The fourth-order valence-electron chi connectivity index (χ4n) is 2.29. The molecule has 110 valence electrons. The van der Waals surface area contributed by atoms with Crippen LogP contribution in [0.4, 0.5) is 5.69 Å². The SMILES string of the molecule is CC(C)c1noc(CNc2ccc3c(c2)CCNC3=O)n1. The summed E-state index contributed by atoms with van der Waals surface area (Å²) in [5, 5.41) is 10.0. The molecular weight excluding hydrogens is 268 g/mol. The maximum Gasteiger partial charge on any atom is 0.251 e. The van der Waals surface area contributed by atoms with E-state index in [-0.39, 0.29) is 11.8 Å². The van der Waals surface area contributed by atoms with Gasteiger partial charge in [0.05, 0.1) is 6.54 Å². The second kappa shape index (κ2) is 5.55. The summed E-state index contributed by atoms with van der Waals surface area (Å²) in [7, 11) is 0. The summed E-state index contributed by atoms with van der Waals surface area (Å²) in [4.78, 5) is 16.0. The van der Waals surface area contributed by atoms with Crippen LogP contribution in [0, 0.1) is 0 Å². The molecule has 21 heavy (non-hydrogen) atoms. The highest BCUT2D eigenvalue weighted by Crippen LogP contribution is 2.19. The third-order valence-electron chi connectivity index (χ3n) is 3.47. The Bertz CT molecular complexity index is 663. The molecule has 0 bridgehead atoms. The van der Waals surface area contributed by atoms with Crippen LogP contribution in [-0.4, -0.2) is 22.6 Å². The molecule has 1 amide bonds. The highest BCUT2D eigenvalue weighted by Gasteiger charge is 2.16. The van der Waals surface area contributed by atoms with E-state index in [1.165, 1.54) is 0 Å². The number of nitrogens with zero attached hydrogens (tertiary/aromatic N) is 2. The molecule has 1 aliphatic rings. The van der Waals surface area contributed by atoms with Gasteiger partial charge in [0.15, 0.2) is 5.82 Å². The van der Waals surface area contributed by atoms with Gasteiger partial charge in [-0.05, 0) is 30.2 Å². The maximum absolute atomic E-state index is 11.7. The third-order valence-corrected chi connectivity index (χ3v) is 3.47. The number of carbonyl (C=O) groups is 1. The van der Waals surface area contributed by atoms with Crippen LogP contribution in [0.5, 0.6) is 0 Å². The van der Waals surface area contributed by atoms with Crippen LogP contribution in [0.2, 0.25) is 0 Å². The minimum Gasteiger partial charge on any atom is -0.376 e. The van der Waals surface area contributed by atoms with Gasteiger partial charge in [0.25, 0.3) is 5.91 Å². The van der Waals surface area contributed by atoms with Crippen molar-refractivity contribution in [3.05, 3.63) is 41.0 Å². The molecule has 1 aromatic heterocycles. The molecule has 0 saturated carbocycles. The number of hydrogen-bond donors (Lipinski definition) is 2. The summed E-state index contributed by atoms with van der Waals surface area (Å²) in [5.41, 5.74) is 2.77. The first-order valence-electron chi connectivity index (χ1n) is 7.11. The molecule has 0 unspecified atom stereocenters. The number of aromatic nitrogens is 2. The Morgan fingerprint density at radius 1 is 1.43 bits per heavy atom. The topological polar surface area (TPSA) is 80.0 Å². The Balaban J connectivity index is 1.69. The van der Waals surface area contributed by atoms with Crippen LogP contribution in [-0.2, 0) is 13.0 Å². The molecule has 0 fully saturated rings. The van der Waals surface area contributed by atoms with Crippen molar-refractivity contribution in [1.82, 2.24) is 15.5 Å². The van der Waals surface area contributed by atoms with Crippen molar-refractivity contribution in [3.8, 4) is 0 Å². The van der Waals surface area contributed by atoms with Gasteiger partial charge in [0, 0.05) is 23.7 Å². The zero-order chi connectivity index (χ0) is 14.8. The van der Waals surface area contributed by atoms with Gasteiger partial charge in [-0.2, -0.15) is 4.98 Å². The van der Waals surface area contributed by atoms with Gasteiger partial charge < -0.3 is 15.2 Å². The van der Waals surface area contributed by atoms with Crippen molar-refractivity contribution in [2.45, 2.75) is 32.7 Å². The summed E-state index contributed by atoms with van der Waals surface area (Å²) in [6, 6.07) is 5.75. The average molecular weight is 286 g/mol. The molecule has 6 heteroatoms. The van der Waals surface area contributed by atoms with Crippen LogP contribution in [0.15, 0.2) is 22.7 Å². The van der Waals surface area contributed by atoms with Gasteiger partial charge in [0.2, 0.25) is 5.89 Å². The van der Waals surface area contributed by atoms with E-state index in [0.717, 1.165) is 23.2 Å². The monoisotopic (exact) mass is 286 g/mol. The van der Waals surface area contributed by atoms with Crippen molar-refractivity contribution in [2.75, 3.05) is 11.9 Å². The van der Waals surface area contributed by atoms with Crippen molar-refractivity contribution < 1.29 is 9.32 Å². The lowest BCUT2D eigenvalue weighted by Gasteiger charge is -2.17. The molecule has 1 aliphatic heterocycles. The zero-order valence-corrected chi connectivity index (χ0v) is 12.1. The highest BCUT2D eigenvalue weighted by molar-refractivity contribution is 5.97. The minimum atomic E-state index is 0.00118. The van der Waals surface area contributed by atoms with E-state index < -0.39 is 0 Å². The van der Waals surface area contributed by atoms with E-state index in [9.17, 15) is 4.79 Å². The molecule has 0 radical (unpaired) electrons. The van der Waals surface area contributed by atoms with Crippen molar-refractivity contribution in [2.24, 2.45) is 0 Å². The molecule has 2 heterocycles. The Morgan fingerprint density at radius 3 is 3.05 bits per heavy atom. The lowest BCUT2D eigenvalue weighted by Crippen LogP contribution is -2.31. The van der Waals surface area contributed by atoms with Gasteiger partial charge >= 0.3 is 0 Å². The van der Waals surface area contributed by atoms with Crippen LogP contribution >= 0.6 is 0 Å². The highest BCUT2D eigenvalue weighted by atomic mass is 16.5. The number of nitrogens with one attached hydrogen (secondary N) is 2. The predicted molar refractivity (Wildman–Crippen MR) is 78.2 cm³/mol. The van der Waals surface area contributed by atoms with Gasteiger partial charge in [-0.25, -0.2) is 0 Å². The van der Waals surface area contributed by atoms with Crippen LogP contribution in [0.3, 0.4) is 0 Å². The molecule has 3 rings (SSSR count). The summed E-state index contributed by atoms with van der Waals surface area (Å²) < 4.78 is 5.19. The van der Waals surface area contributed by atoms with Crippen molar-refractivity contribution in [1.29, 1.82) is 0 Å². The van der Waals surface area contributed by atoms with E-state index in [1.807, 2.05) is 32.0 Å². The first-order chi connectivity index (χ1) is 10.1. The number of amides is 1. The maximum atomic E-state index is 11.7. The summed E-state index contributed by atoms with van der Waals surface area (Å²) >= 11 is 0. The molecular formula is C15H18N4O2. The average Bonchev–Trinajstić information content (AvgIpc) is 2.94. The normalized spacial score (nSPS) is 14.0. The summed E-state index contributed by atoms with van der Waals surface area (Å²) in [6.07, 6.45) is 0.856. The van der Waals surface area contributed by atoms with Gasteiger partial charge in [-0.15, -0.1) is 0 Å². The Morgan fingerprint density at radius 2 is 2.29 bits per heavy atom. The van der Waals surface area contributed by atoms with Gasteiger partial charge in [-0.3, -0.25) is 4.79 Å². The Labute approximate surface area is 122 Å². The Hall–Kier alpha value is -2.37. The second-order valence-electron chi connectivity index (χ2n) is 5.43. The number of rotatable bonds is 4. The van der Waals surface area contributed by atoms with Crippen LogP contribution in [0.25, 0.3) is 0 Å². The number of fused-ring (bicyclic) bond motifs is 1. The van der Waals surface area contributed by atoms with Gasteiger partial charge in [-0.1, -0.05) is 19.0 Å². The molecule has 0 atom stereocenters. The molecule has 0 saturated heterocycles. The summed E-state index contributed by atoms with van der Waals surface area (Å²) in [6.45, 7) is 5.22. The van der Waals surface area contributed by atoms with E-state index in [1.54, 1.807) is 0 Å². The first-order valence-corrected chi connectivity index (χ1v) is 7.11. The molecule has 0 spiro atoms. The number of hydrogen-bond acceptors (Lipinski definition) is 5. The lowest BCUT2D eigenvalue weighted by molar-refractivity contribution is 0.0946. The molecule has 0 aliphatic carbocycles. The van der Waals surface area contributed by atoms with Crippen molar-refractivity contribution in [3.63, 3.8) is 0 Å². The lowest BCUT2D eigenvalue weighted by atomic mass is 10.00. The fraction of sp³-hybridized carbons (Fsp3) is 0.400. The standard InChI is InChI=1S/C15H18N4O2/c1-9(2)14-18-13(21-19-14)8-17-11-3-4-12-10(7-11)5-6-16-15(12)20/h3-4,7,9,17H,5-6,8H2,1-2H3,(H,16,20). The van der Waals surface area contributed by atoms with Gasteiger partial charge in [0.1, 0.15) is 0 Å².